The Morgan fingerprint density at radius 2 is 2.12 bits per heavy atom. The second-order valence-corrected chi connectivity index (χ2v) is 14.1. The molecule has 1 N–H and O–H groups in total. The average molecular weight is 364 g/mol. The summed E-state index contributed by atoms with van der Waals surface area (Å²) in [5.41, 5.74) is 1.42. The molecule has 1 aromatic rings. The van der Waals surface area contributed by atoms with Crippen molar-refractivity contribution in [1.29, 1.82) is 0 Å². The minimum atomic E-state index is -1.14. The SMILES string of the molecule is C=C1[C@H](O)C[C@@]2(OC)C[C@@H]1c1ccn(COCC[Si](C)(C)C)c1C2=O. The molecule has 1 aromatic heterocycles. The van der Waals surface area contributed by atoms with E-state index in [-0.39, 0.29) is 18.1 Å². The summed E-state index contributed by atoms with van der Waals surface area (Å²) < 4.78 is 13.4. The van der Waals surface area contributed by atoms with Gasteiger partial charge in [0.15, 0.2) is 0 Å². The molecule has 2 bridgehead atoms. The summed E-state index contributed by atoms with van der Waals surface area (Å²) in [7, 11) is 0.419. The van der Waals surface area contributed by atoms with Crippen molar-refractivity contribution in [3.05, 3.63) is 35.7 Å². The van der Waals surface area contributed by atoms with Crippen molar-refractivity contribution in [3.63, 3.8) is 0 Å². The molecule has 0 radical (unpaired) electrons. The van der Waals surface area contributed by atoms with Gasteiger partial charge in [-0.15, -0.1) is 0 Å². The predicted molar refractivity (Wildman–Crippen MR) is 99.7 cm³/mol. The lowest BCUT2D eigenvalue weighted by Crippen LogP contribution is -2.53. The van der Waals surface area contributed by atoms with Gasteiger partial charge < -0.3 is 19.1 Å². The molecule has 0 spiro atoms. The minimum Gasteiger partial charge on any atom is -0.389 e. The third-order valence-electron chi connectivity index (χ3n) is 5.55. The summed E-state index contributed by atoms with van der Waals surface area (Å²) in [6, 6.07) is 3.06. The number of ether oxygens (including phenoxy) is 2. The summed E-state index contributed by atoms with van der Waals surface area (Å²) in [5.74, 6) is -0.0915. The fourth-order valence-electron chi connectivity index (χ4n) is 3.87. The zero-order chi connectivity index (χ0) is 18.4. The highest BCUT2D eigenvalue weighted by Crippen LogP contribution is 2.50. The largest absolute Gasteiger partial charge is 0.389 e. The van der Waals surface area contributed by atoms with Crippen molar-refractivity contribution in [2.24, 2.45) is 0 Å². The van der Waals surface area contributed by atoms with Gasteiger partial charge in [0.25, 0.3) is 0 Å². The van der Waals surface area contributed by atoms with Crippen LogP contribution in [0.3, 0.4) is 0 Å². The standard InChI is InChI=1S/C19H29NO4Si/c1-13-15-10-19(23-2,11-16(13)21)18(22)17-14(15)6-7-20(17)12-24-8-9-25(3,4)5/h6-7,15-16,21H,1,8-12H2,2-5H3/t15-,16+,19-/m0/s1. The molecule has 6 heteroatoms. The second kappa shape index (κ2) is 6.50. The molecule has 138 valence electrons. The van der Waals surface area contributed by atoms with Crippen LogP contribution >= 0.6 is 0 Å². The van der Waals surface area contributed by atoms with Gasteiger partial charge in [0.1, 0.15) is 12.3 Å². The fraction of sp³-hybridized carbons (Fsp3) is 0.632. The Morgan fingerprint density at radius 3 is 2.76 bits per heavy atom. The highest BCUT2D eigenvalue weighted by atomic mass is 28.3. The Balaban J connectivity index is 1.84. The molecular weight excluding hydrogens is 334 g/mol. The number of hydrogen-bond donors (Lipinski definition) is 1. The Hall–Kier alpha value is -1.21. The Kier molecular flexibility index (Phi) is 4.83. The van der Waals surface area contributed by atoms with E-state index in [9.17, 15) is 9.90 Å². The molecule has 0 unspecified atom stereocenters. The number of ketones is 1. The van der Waals surface area contributed by atoms with Gasteiger partial charge in [-0.05, 0) is 29.7 Å². The smallest absolute Gasteiger partial charge is 0.211 e. The van der Waals surface area contributed by atoms with E-state index < -0.39 is 19.8 Å². The van der Waals surface area contributed by atoms with Crippen LogP contribution in [0.2, 0.25) is 25.7 Å². The molecule has 0 aromatic carbocycles. The summed E-state index contributed by atoms with van der Waals surface area (Å²) in [6.07, 6.45) is 2.04. The molecule has 0 aliphatic heterocycles. The third-order valence-corrected chi connectivity index (χ3v) is 7.25. The van der Waals surface area contributed by atoms with Crippen LogP contribution in [0.1, 0.15) is 34.8 Å². The second-order valence-electron chi connectivity index (χ2n) is 8.52. The van der Waals surface area contributed by atoms with Crippen LogP contribution in [-0.4, -0.2) is 49.0 Å². The van der Waals surface area contributed by atoms with Gasteiger partial charge in [-0.3, -0.25) is 4.79 Å². The maximum Gasteiger partial charge on any atom is 0.211 e. The van der Waals surface area contributed by atoms with Crippen LogP contribution in [0.15, 0.2) is 24.4 Å². The van der Waals surface area contributed by atoms with E-state index in [4.69, 9.17) is 9.47 Å². The first-order valence-corrected chi connectivity index (χ1v) is 12.6. The number of nitrogens with zero attached hydrogens (tertiary/aromatic N) is 1. The number of carbonyl (C=O) groups excluding carboxylic acids is 1. The van der Waals surface area contributed by atoms with Gasteiger partial charge >= 0.3 is 0 Å². The summed E-state index contributed by atoms with van der Waals surface area (Å²) in [4.78, 5) is 13.2. The lowest BCUT2D eigenvalue weighted by atomic mass is 9.64. The Bertz CT molecular complexity index is 690. The molecule has 3 rings (SSSR count). The van der Waals surface area contributed by atoms with Crippen LogP contribution in [0, 0.1) is 0 Å². The van der Waals surface area contributed by atoms with Crippen LogP contribution in [0.4, 0.5) is 0 Å². The van der Waals surface area contributed by atoms with Crippen molar-refractivity contribution < 1.29 is 19.4 Å². The van der Waals surface area contributed by atoms with Crippen molar-refractivity contribution in [3.8, 4) is 0 Å². The number of aliphatic hydroxyl groups is 1. The molecule has 3 atom stereocenters. The molecule has 2 aliphatic rings. The maximum atomic E-state index is 13.2. The molecule has 5 nitrogen and oxygen atoms in total. The molecule has 2 aliphatic carbocycles. The average Bonchev–Trinajstić information content (AvgIpc) is 2.96. The van der Waals surface area contributed by atoms with Gasteiger partial charge in [0.2, 0.25) is 5.78 Å². The van der Waals surface area contributed by atoms with Gasteiger partial charge in [0.05, 0.1) is 11.8 Å². The number of aliphatic hydroxyl groups excluding tert-OH is 1. The zero-order valence-electron chi connectivity index (χ0n) is 15.7. The molecule has 0 saturated heterocycles. The van der Waals surface area contributed by atoms with Crippen LogP contribution in [0.25, 0.3) is 0 Å². The summed E-state index contributed by atoms with van der Waals surface area (Å²) >= 11 is 0. The van der Waals surface area contributed by atoms with Crippen molar-refractivity contribution >= 4 is 13.9 Å². The molecule has 1 heterocycles. The highest BCUT2D eigenvalue weighted by molar-refractivity contribution is 6.76. The van der Waals surface area contributed by atoms with Crippen molar-refractivity contribution in [2.45, 2.75) is 62.9 Å². The number of methoxy groups -OCH3 is 1. The lowest BCUT2D eigenvalue weighted by molar-refractivity contribution is -0.0470. The minimum absolute atomic E-state index is 0.0420. The normalized spacial score (nSPS) is 29.0. The van der Waals surface area contributed by atoms with E-state index in [2.05, 4.69) is 26.2 Å². The third kappa shape index (κ3) is 3.28. The zero-order valence-corrected chi connectivity index (χ0v) is 16.7. The quantitative estimate of drug-likeness (QED) is 0.479. The number of rotatable bonds is 6. The van der Waals surface area contributed by atoms with E-state index in [1.165, 1.54) is 0 Å². The van der Waals surface area contributed by atoms with Crippen LogP contribution in [0.5, 0.6) is 0 Å². The highest BCUT2D eigenvalue weighted by Gasteiger charge is 2.54. The number of aromatic nitrogens is 1. The number of carbonyl (C=O) groups is 1. The summed E-state index contributed by atoms with van der Waals surface area (Å²) in [6.45, 7) is 12.1. The van der Waals surface area contributed by atoms with E-state index in [0.717, 1.165) is 17.2 Å². The number of Topliss-reactive ketones (excluding diaryl/α,β-unsaturated/α-hetero) is 1. The van der Waals surface area contributed by atoms with Gasteiger partial charge in [-0.1, -0.05) is 26.2 Å². The molecule has 1 fully saturated rings. The topological polar surface area (TPSA) is 60.7 Å². The Morgan fingerprint density at radius 1 is 1.40 bits per heavy atom. The summed E-state index contributed by atoms with van der Waals surface area (Å²) in [5, 5.41) is 10.3. The van der Waals surface area contributed by atoms with E-state index in [0.29, 0.717) is 25.5 Å². The van der Waals surface area contributed by atoms with Crippen LogP contribution in [-0.2, 0) is 16.2 Å². The van der Waals surface area contributed by atoms with E-state index >= 15 is 0 Å². The lowest BCUT2D eigenvalue weighted by Gasteiger charge is -2.45. The first-order chi connectivity index (χ1) is 11.7. The number of hydrogen-bond acceptors (Lipinski definition) is 4. The van der Waals surface area contributed by atoms with Gasteiger partial charge in [0, 0.05) is 40.3 Å². The predicted octanol–water partition coefficient (Wildman–Crippen LogP) is 3.18. The Labute approximate surface area is 150 Å². The number of fused-ring (bicyclic) bond motifs is 4. The van der Waals surface area contributed by atoms with Gasteiger partial charge in [-0.2, -0.15) is 0 Å². The molecular formula is C19H29NO4Si. The van der Waals surface area contributed by atoms with Crippen molar-refractivity contribution in [2.75, 3.05) is 13.7 Å². The fourth-order valence-corrected chi connectivity index (χ4v) is 4.63. The maximum absolute atomic E-state index is 13.2. The molecule has 25 heavy (non-hydrogen) atoms. The molecule has 0 amide bonds. The monoisotopic (exact) mass is 363 g/mol. The first-order valence-electron chi connectivity index (χ1n) is 8.92. The van der Waals surface area contributed by atoms with Crippen LogP contribution < -0.4 is 0 Å². The first kappa shape index (κ1) is 18.6. The van der Waals surface area contributed by atoms with Crippen molar-refractivity contribution in [1.82, 2.24) is 4.57 Å². The van der Waals surface area contributed by atoms with E-state index in [1.807, 2.05) is 16.8 Å². The van der Waals surface area contributed by atoms with E-state index in [1.54, 1.807) is 7.11 Å². The molecule has 1 saturated carbocycles. The van der Waals surface area contributed by atoms with Gasteiger partial charge in [-0.25, -0.2) is 0 Å².